The molecule has 1 fully saturated rings. The highest BCUT2D eigenvalue weighted by molar-refractivity contribution is 7.89. The van der Waals surface area contributed by atoms with Crippen LogP contribution in [0, 0.1) is 12.8 Å². The summed E-state index contributed by atoms with van der Waals surface area (Å²) in [7, 11) is -3.79. The maximum atomic E-state index is 13.1. The van der Waals surface area contributed by atoms with Gasteiger partial charge in [-0.05, 0) is 49.6 Å². The molecule has 178 valence electrons. The van der Waals surface area contributed by atoms with Crippen LogP contribution >= 0.6 is 0 Å². The SMILES string of the molecule is Cc1ccc(NC(=O)C2CCN(S(=O)(=O)c3ccc4c(c3)OCCO4)CC2)cc1C(F)(F)F. The molecule has 0 unspecified atom stereocenters. The number of nitrogens with one attached hydrogen (secondary N) is 1. The first kappa shape index (κ1) is 23.4. The number of benzene rings is 2. The summed E-state index contributed by atoms with van der Waals surface area (Å²) in [6.45, 7) is 2.33. The van der Waals surface area contributed by atoms with Crippen molar-refractivity contribution in [1.82, 2.24) is 4.31 Å². The molecule has 4 rings (SSSR count). The summed E-state index contributed by atoms with van der Waals surface area (Å²) in [6, 6.07) is 8.08. The zero-order valence-electron chi connectivity index (χ0n) is 17.8. The van der Waals surface area contributed by atoms with Crippen LogP contribution in [0.5, 0.6) is 11.5 Å². The minimum Gasteiger partial charge on any atom is -0.486 e. The first-order valence-corrected chi connectivity index (χ1v) is 11.9. The predicted molar refractivity (Wildman–Crippen MR) is 114 cm³/mol. The van der Waals surface area contributed by atoms with Crippen molar-refractivity contribution in [3.63, 3.8) is 0 Å². The van der Waals surface area contributed by atoms with Crippen LogP contribution in [0.2, 0.25) is 0 Å². The monoisotopic (exact) mass is 484 g/mol. The van der Waals surface area contributed by atoms with E-state index in [0.29, 0.717) is 24.7 Å². The number of carbonyl (C=O) groups excluding carboxylic acids is 1. The number of alkyl halides is 3. The first-order chi connectivity index (χ1) is 15.6. The number of fused-ring (bicyclic) bond motifs is 1. The van der Waals surface area contributed by atoms with Crippen LogP contribution in [0.1, 0.15) is 24.0 Å². The molecule has 2 aromatic carbocycles. The average molecular weight is 484 g/mol. The van der Waals surface area contributed by atoms with Crippen LogP contribution in [0.25, 0.3) is 0 Å². The Morgan fingerprint density at radius 1 is 1.03 bits per heavy atom. The van der Waals surface area contributed by atoms with Gasteiger partial charge in [0.15, 0.2) is 11.5 Å². The molecule has 0 aliphatic carbocycles. The summed E-state index contributed by atoms with van der Waals surface area (Å²) in [6.07, 6.45) is -4.00. The number of halogens is 3. The Labute approximate surface area is 189 Å². The number of amides is 1. The molecule has 2 heterocycles. The van der Waals surface area contributed by atoms with Gasteiger partial charge in [0.1, 0.15) is 13.2 Å². The minimum atomic E-state index is -4.52. The summed E-state index contributed by atoms with van der Waals surface area (Å²) in [4.78, 5) is 12.7. The number of hydrogen-bond acceptors (Lipinski definition) is 5. The van der Waals surface area contributed by atoms with Gasteiger partial charge < -0.3 is 14.8 Å². The van der Waals surface area contributed by atoms with Gasteiger partial charge in [0.25, 0.3) is 0 Å². The Morgan fingerprint density at radius 2 is 1.70 bits per heavy atom. The lowest BCUT2D eigenvalue weighted by Gasteiger charge is -2.31. The Kier molecular flexibility index (Phi) is 6.28. The van der Waals surface area contributed by atoms with Gasteiger partial charge in [-0.2, -0.15) is 17.5 Å². The van der Waals surface area contributed by atoms with Crippen LogP contribution in [0.15, 0.2) is 41.3 Å². The third kappa shape index (κ3) is 4.93. The molecule has 11 heteroatoms. The molecule has 2 aromatic rings. The number of aryl methyl sites for hydroxylation is 1. The van der Waals surface area contributed by atoms with E-state index in [4.69, 9.17) is 9.47 Å². The maximum Gasteiger partial charge on any atom is 0.416 e. The molecule has 0 aromatic heterocycles. The van der Waals surface area contributed by atoms with E-state index in [0.717, 1.165) is 6.07 Å². The van der Waals surface area contributed by atoms with Crippen molar-refractivity contribution in [3.8, 4) is 11.5 Å². The Bertz CT molecular complexity index is 1160. The molecule has 2 aliphatic heterocycles. The third-order valence-corrected chi connectivity index (χ3v) is 7.68. The van der Waals surface area contributed by atoms with Gasteiger partial charge in [0.05, 0.1) is 10.5 Å². The van der Waals surface area contributed by atoms with E-state index in [1.54, 1.807) is 6.07 Å². The van der Waals surface area contributed by atoms with E-state index in [-0.39, 0.29) is 42.1 Å². The number of anilines is 1. The van der Waals surface area contributed by atoms with Crippen molar-refractivity contribution >= 4 is 21.6 Å². The molecule has 33 heavy (non-hydrogen) atoms. The summed E-state index contributed by atoms with van der Waals surface area (Å²) >= 11 is 0. The number of ether oxygens (including phenoxy) is 2. The van der Waals surface area contributed by atoms with Crippen molar-refractivity contribution in [2.45, 2.75) is 30.8 Å². The van der Waals surface area contributed by atoms with E-state index in [1.807, 2.05) is 0 Å². The van der Waals surface area contributed by atoms with E-state index in [2.05, 4.69) is 5.32 Å². The molecule has 2 aliphatic rings. The topological polar surface area (TPSA) is 84.9 Å². The summed E-state index contributed by atoms with van der Waals surface area (Å²) < 4.78 is 77.6. The number of carbonyl (C=O) groups is 1. The molecule has 0 spiro atoms. The minimum absolute atomic E-state index is 0.0595. The fraction of sp³-hybridized carbons (Fsp3) is 0.409. The lowest BCUT2D eigenvalue weighted by atomic mass is 9.97. The largest absolute Gasteiger partial charge is 0.486 e. The van der Waals surface area contributed by atoms with E-state index < -0.39 is 33.6 Å². The zero-order chi connectivity index (χ0) is 23.8. The smallest absolute Gasteiger partial charge is 0.416 e. The van der Waals surface area contributed by atoms with E-state index in [1.165, 1.54) is 35.5 Å². The number of hydrogen-bond donors (Lipinski definition) is 1. The van der Waals surface area contributed by atoms with Crippen molar-refractivity contribution in [2.24, 2.45) is 5.92 Å². The van der Waals surface area contributed by atoms with Crippen LogP contribution in [-0.2, 0) is 21.0 Å². The summed E-state index contributed by atoms with van der Waals surface area (Å²) in [5.41, 5.74) is -0.678. The maximum absolute atomic E-state index is 13.1. The van der Waals surface area contributed by atoms with Gasteiger partial charge >= 0.3 is 6.18 Å². The van der Waals surface area contributed by atoms with E-state index >= 15 is 0 Å². The van der Waals surface area contributed by atoms with Crippen molar-refractivity contribution in [1.29, 1.82) is 0 Å². The second kappa shape index (κ2) is 8.86. The average Bonchev–Trinajstić information content (AvgIpc) is 2.79. The van der Waals surface area contributed by atoms with Crippen molar-refractivity contribution in [3.05, 3.63) is 47.5 Å². The second-order valence-corrected chi connectivity index (χ2v) is 9.94. The first-order valence-electron chi connectivity index (χ1n) is 10.4. The predicted octanol–water partition coefficient (Wildman–Crippen LogP) is 3.82. The molecular formula is C22H23F3N2O5S. The van der Waals surface area contributed by atoms with Gasteiger partial charge in [0, 0.05) is 30.8 Å². The third-order valence-electron chi connectivity index (χ3n) is 5.79. The van der Waals surface area contributed by atoms with Crippen molar-refractivity contribution < 1.29 is 35.9 Å². The van der Waals surface area contributed by atoms with Crippen molar-refractivity contribution in [2.75, 3.05) is 31.6 Å². The Balaban J connectivity index is 1.40. The molecular weight excluding hydrogens is 461 g/mol. The number of rotatable bonds is 4. The molecule has 1 saturated heterocycles. The quantitative estimate of drug-likeness (QED) is 0.713. The molecule has 1 amide bonds. The molecule has 0 saturated carbocycles. The molecule has 0 atom stereocenters. The molecule has 0 radical (unpaired) electrons. The van der Waals surface area contributed by atoms with Gasteiger partial charge in [0.2, 0.25) is 15.9 Å². The second-order valence-electron chi connectivity index (χ2n) is 8.00. The van der Waals surface area contributed by atoms with Crippen LogP contribution in [-0.4, -0.2) is 44.9 Å². The highest BCUT2D eigenvalue weighted by Gasteiger charge is 2.34. The normalized spacial score (nSPS) is 17.6. The Morgan fingerprint density at radius 3 is 2.36 bits per heavy atom. The fourth-order valence-electron chi connectivity index (χ4n) is 3.94. The molecule has 0 bridgehead atoms. The molecule has 7 nitrogen and oxygen atoms in total. The summed E-state index contributed by atoms with van der Waals surface area (Å²) in [5, 5.41) is 2.53. The van der Waals surface area contributed by atoms with Crippen LogP contribution in [0.3, 0.4) is 0 Å². The van der Waals surface area contributed by atoms with Gasteiger partial charge in [-0.3, -0.25) is 4.79 Å². The Hall–Kier alpha value is -2.79. The highest BCUT2D eigenvalue weighted by atomic mass is 32.2. The van der Waals surface area contributed by atoms with E-state index in [9.17, 15) is 26.4 Å². The highest BCUT2D eigenvalue weighted by Crippen LogP contribution is 2.35. The van der Waals surface area contributed by atoms with Gasteiger partial charge in [-0.1, -0.05) is 6.07 Å². The zero-order valence-corrected chi connectivity index (χ0v) is 18.6. The number of sulfonamides is 1. The van der Waals surface area contributed by atoms with Gasteiger partial charge in [-0.15, -0.1) is 0 Å². The lowest BCUT2D eigenvalue weighted by molar-refractivity contribution is -0.138. The standard InChI is InChI=1S/C22H23F3N2O5S/c1-14-2-3-16(12-18(14)22(23,24)25)26-21(28)15-6-8-27(9-7-15)33(29,30)17-4-5-19-20(13-17)32-11-10-31-19/h2-5,12-13,15H,6-11H2,1H3,(H,26,28). The van der Waals surface area contributed by atoms with Gasteiger partial charge in [-0.25, -0.2) is 8.42 Å². The molecule has 1 N–H and O–H groups in total. The summed E-state index contributed by atoms with van der Waals surface area (Å²) in [5.74, 6) is -0.0796. The fourth-order valence-corrected chi connectivity index (χ4v) is 5.43. The van der Waals surface area contributed by atoms with Crippen LogP contribution in [0.4, 0.5) is 18.9 Å². The number of nitrogens with zero attached hydrogens (tertiary/aromatic N) is 1. The lowest BCUT2D eigenvalue weighted by Crippen LogP contribution is -2.41. The number of piperidine rings is 1. The van der Waals surface area contributed by atoms with Crippen LogP contribution < -0.4 is 14.8 Å².